The van der Waals surface area contributed by atoms with Crippen molar-refractivity contribution in [2.75, 3.05) is 19.8 Å². The van der Waals surface area contributed by atoms with E-state index >= 15 is 0 Å². The van der Waals surface area contributed by atoms with Gasteiger partial charge in [-0.05, 0) is 25.1 Å². The third kappa shape index (κ3) is 9.65. The molecule has 0 heterocycles. The Labute approximate surface area is 79.7 Å². The summed E-state index contributed by atoms with van der Waals surface area (Å²) in [6.45, 7) is 4.61. The summed E-state index contributed by atoms with van der Waals surface area (Å²) < 4.78 is 5.33. The van der Waals surface area contributed by atoms with Crippen LogP contribution in [0.2, 0.25) is 0 Å². The molecule has 0 aromatic heterocycles. The van der Waals surface area contributed by atoms with Crippen LogP contribution < -0.4 is 11.1 Å². The molecule has 0 aromatic carbocycles. The summed E-state index contributed by atoms with van der Waals surface area (Å²) in [6, 6.07) is 0. The molecule has 72 valence electrons. The molecule has 0 saturated heterocycles. The highest BCUT2D eigenvalue weighted by molar-refractivity contribution is 7.80. The van der Waals surface area contributed by atoms with Crippen LogP contribution >= 0.6 is 12.2 Å². The Hall–Kier alpha value is -0.350. The van der Waals surface area contributed by atoms with Crippen LogP contribution in [0.3, 0.4) is 0 Å². The minimum Gasteiger partial charge on any atom is -0.381 e. The molecule has 0 aliphatic carbocycles. The van der Waals surface area contributed by atoms with Gasteiger partial charge in [0, 0.05) is 19.8 Å². The zero-order chi connectivity index (χ0) is 9.23. The monoisotopic (exact) mass is 190 g/mol. The van der Waals surface area contributed by atoms with Crippen LogP contribution in [0, 0.1) is 0 Å². The fourth-order valence-corrected chi connectivity index (χ4v) is 0.836. The number of hydrogen-bond donors (Lipinski definition) is 2. The van der Waals surface area contributed by atoms with Gasteiger partial charge in [-0.1, -0.05) is 13.3 Å². The first-order chi connectivity index (χ1) is 5.77. The Balaban J connectivity index is 2.86. The predicted octanol–water partition coefficient (Wildman–Crippen LogP) is 1.03. The smallest absolute Gasteiger partial charge is 0.163 e. The third-order valence-corrected chi connectivity index (χ3v) is 1.55. The maximum atomic E-state index is 5.33. The second-order valence-corrected chi connectivity index (χ2v) is 3.05. The average molecular weight is 190 g/mol. The van der Waals surface area contributed by atoms with E-state index in [4.69, 9.17) is 10.5 Å². The molecule has 0 saturated carbocycles. The zero-order valence-electron chi connectivity index (χ0n) is 7.64. The number of hydrogen-bond acceptors (Lipinski definition) is 2. The van der Waals surface area contributed by atoms with E-state index in [0.29, 0.717) is 5.11 Å². The molecule has 0 fully saturated rings. The SMILES string of the molecule is CCCCOCCCNC(N)=S. The fourth-order valence-electron chi connectivity index (χ4n) is 0.734. The molecule has 0 amide bonds. The first-order valence-corrected chi connectivity index (χ1v) is 4.79. The van der Waals surface area contributed by atoms with Gasteiger partial charge in [-0.15, -0.1) is 0 Å². The number of thiocarbonyl (C=S) groups is 1. The molecule has 0 bridgehead atoms. The van der Waals surface area contributed by atoms with Gasteiger partial charge in [-0.25, -0.2) is 0 Å². The molecule has 0 aliphatic rings. The Kier molecular flexibility index (Phi) is 8.49. The van der Waals surface area contributed by atoms with Gasteiger partial charge in [0.15, 0.2) is 5.11 Å². The van der Waals surface area contributed by atoms with E-state index in [1.54, 1.807) is 0 Å². The van der Waals surface area contributed by atoms with Gasteiger partial charge < -0.3 is 15.8 Å². The van der Waals surface area contributed by atoms with Gasteiger partial charge in [-0.2, -0.15) is 0 Å². The van der Waals surface area contributed by atoms with Crippen LogP contribution in [0.25, 0.3) is 0 Å². The van der Waals surface area contributed by atoms with Crippen molar-refractivity contribution in [3.63, 3.8) is 0 Å². The van der Waals surface area contributed by atoms with E-state index in [1.807, 2.05) is 0 Å². The zero-order valence-corrected chi connectivity index (χ0v) is 8.45. The lowest BCUT2D eigenvalue weighted by atomic mass is 10.4. The number of ether oxygens (including phenoxy) is 1. The molecule has 0 unspecified atom stereocenters. The molecule has 0 atom stereocenters. The standard InChI is InChI=1S/C8H18N2OS/c1-2-3-6-11-7-4-5-10-8(9)12/h2-7H2,1H3,(H3,9,10,12). The van der Waals surface area contributed by atoms with Crippen molar-refractivity contribution < 1.29 is 4.74 Å². The second kappa shape index (κ2) is 8.74. The lowest BCUT2D eigenvalue weighted by molar-refractivity contribution is 0.129. The summed E-state index contributed by atoms with van der Waals surface area (Å²) in [4.78, 5) is 0. The number of nitrogens with one attached hydrogen (secondary N) is 1. The van der Waals surface area contributed by atoms with Gasteiger partial charge in [0.1, 0.15) is 0 Å². The molecule has 0 aromatic rings. The third-order valence-electron chi connectivity index (χ3n) is 1.41. The summed E-state index contributed by atoms with van der Waals surface area (Å²) in [5.41, 5.74) is 5.23. The molecular formula is C8H18N2OS. The maximum Gasteiger partial charge on any atom is 0.163 e. The quantitative estimate of drug-likeness (QED) is 0.465. The van der Waals surface area contributed by atoms with Gasteiger partial charge >= 0.3 is 0 Å². The van der Waals surface area contributed by atoms with Gasteiger partial charge in [-0.3, -0.25) is 0 Å². The first kappa shape index (κ1) is 11.6. The summed E-state index contributed by atoms with van der Waals surface area (Å²) in [6.07, 6.45) is 3.29. The second-order valence-electron chi connectivity index (χ2n) is 2.61. The summed E-state index contributed by atoms with van der Waals surface area (Å²) in [7, 11) is 0. The van der Waals surface area contributed by atoms with Crippen LogP contribution in [0.5, 0.6) is 0 Å². The normalized spacial score (nSPS) is 9.75. The van der Waals surface area contributed by atoms with Crippen molar-refractivity contribution in [2.45, 2.75) is 26.2 Å². The van der Waals surface area contributed by atoms with Crippen LogP contribution in [-0.4, -0.2) is 24.9 Å². The topological polar surface area (TPSA) is 47.3 Å². The molecule has 12 heavy (non-hydrogen) atoms. The van der Waals surface area contributed by atoms with Crippen molar-refractivity contribution in [1.82, 2.24) is 5.32 Å². The van der Waals surface area contributed by atoms with E-state index in [1.165, 1.54) is 6.42 Å². The summed E-state index contributed by atoms with van der Waals surface area (Å²) in [5.74, 6) is 0. The van der Waals surface area contributed by atoms with Crippen LogP contribution in [0.4, 0.5) is 0 Å². The molecule has 3 nitrogen and oxygen atoms in total. The molecule has 0 aliphatic heterocycles. The molecule has 0 radical (unpaired) electrons. The van der Waals surface area contributed by atoms with Crippen LogP contribution in [0.15, 0.2) is 0 Å². The lowest BCUT2D eigenvalue weighted by Crippen LogP contribution is -2.30. The van der Waals surface area contributed by atoms with Crippen LogP contribution in [0.1, 0.15) is 26.2 Å². The van der Waals surface area contributed by atoms with E-state index in [0.717, 1.165) is 32.6 Å². The van der Waals surface area contributed by atoms with E-state index in [2.05, 4.69) is 24.5 Å². The van der Waals surface area contributed by atoms with Gasteiger partial charge in [0.05, 0.1) is 0 Å². The highest BCUT2D eigenvalue weighted by Gasteiger charge is 1.89. The lowest BCUT2D eigenvalue weighted by Gasteiger charge is -2.04. The largest absolute Gasteiger partial charge is 0.381 e. The van der Waals surface area contributed by atoms with Gasteiger partial charge in [0.25, 0.3) is 0 Å². The number of nitrogens with two attached hydrogens (primary N) is 1. The average Bonchev–Trinajstić information content (AvgIpc) is 2.02. The van der Waals surface area contributed by atoms with Crippen molar-refractivity contribution >= 4 is 17.3 Å². The Bertz CT molecular complexity index is 120. The molecule has 3 N–H and O–H groups in total. The fraction of sp³-hybridized carbons (Fsp3) is 0.875. The first-order valence-electron chi connectivity index (χ1n) is 4.38. The van der Waals surface area contributed by atoms with Crippen molar-refractivity contribution in [3.05, 3.63) is 0 Å². The highest BCUT2D eigenvalue weighted by atomic mass is 32.1. The Morgan fingerprint density at radius 2 is 2.08 bits per heavy atom. The van der Waals surface area contributed by atoms with Crippen molar-refractivity contribution in [3.8, 4) is 0 Å². The van der Waals surface area contributed by atoms with Crippen molar-refractivity contribution in [2.24, 2.45) is 5.73 Å². The van der Waals surface area contributed by atoms with E-state index in [9.17, 15) is 0 Å². The van der Waals surface area contributed by atoms with Gasteiger partial charge in [0.2, 0.25) is 0 Å². The Morgan fingerprint density at radius 3 is 2.67 bits per heavy atom. The Morgan fingerprint density at radius 1 is 1.42 bits per heavy atom. The minimum absolute atomic E-state index is 0.364. The summed E-state index contributed by atoms with van der Waals surface area (Å²) in [5, 5.41) is 3.23. The summed E-state index contributed by atoms with van der Waals surface area (Å²) >= 11 is 4.64. The number of rotatable bonds is 7. The maximum absolute atomic E-state index is 5.33. The van der Waals surface area contributed by atoms with Crippen molar-refractivity contribution in [1.29, 1.82) is 0 Å². The predicted molar refractivity (Wildman–Crippen MR) is 55.1 cm³/mol. The molecule has 4 heteroatoms. The minimum atomic E-state index is 0.364. The molecular weight excluding hydrogens is 172 g/mol. The number of unbranched alkanes of at least 4 members (excludes halogenated alkanes) is 1. The molecule has 0 rings (SSSR count). The van der Waals surface area contributed by atoms with E-state index in [-0.39, 0.29) is 0 Å². The van der Waals surface area contributed by atoms with E-state index < -0.39 is 0 Å². The van der Waals surface area contributed by atoms with Crippen LogP contribution in [-0.2, 0) is 4.74 Å². The molecule has 0 spiro atoms. The highest BCUT2D eigenvalue weighted by Crippen LogP contribution is 1.88.